The molecule has 0 saturated carbocycles. The van der Waals surface area contributed by atoms with Crippen molar-refractivity contribution in [1.29, 1.82) is 0 Å². The minimum Gasteiger partial charge on any atom is -0.455 e. The van der Waals surface area contributed by atoms with Crippen LogP contribution in [0.25, 0.3) is 0 Å². The van der Waals surface area contributed by atoms with Crippen LogP contribution in [0.15, 0.2) is 18.5 Å². The molecule has 0 radical (unpaired) electrons. The van der Waals surface area contributed by atoms with Gasteiger partial charge in [0.15, 0.2) is 0 Å². The van der Waals surface area contributed by atoms with Gasteiger partial charge in [-0.15, -0.1) is 0 Å². The van der Waals surface area contributed by atoms with Crippen molar-refractivity contribution in [2.24, 2.45) is 0 Å². The first-order chi connectivity index (χ1) is 18.7. The van der Waals surface area contributed by atoms with Gasteiger partial charge in [0.05, 0.1) is 33.0 Å². The summed E-state index contributed by atoms with van der Waals surface area (Å²) in [7, 11) is 4.07. The van der Waals surface area contributed by atoms with Crippen LogP contribution in [-0.2, 0) is 14.2 Å². The topological polar surface area (TPSA) is 65.9 Å². The summed E-state index contributed by atoms with van der Waals surface area (Å²) in [6.07, 6.45) is 25.1. The molecule has 1 rings (SSSR count). The Morgan fingerprint density at radius 1 is 0.605 bits per heavy atom. The SMILES string of the molecule is CCCCCCCCCCCCCCCCCCOCC(COCCOCCN(C)C)Oc1ncccn1. The van der Waals surface area contributed by atoms with Gasteiger partial charge in [-0.2, -0.15) is 0 Å². The summed E-state index contributed by atoms with van der Waals surface area (Å²) in [6.45, 7) is 6.65. The molecule has 0 aliphatic heterocycles. The maximum Gasteiger partial charge on any atom is 0.316 e. The van der Waals surface area contributed by atoms with E-state index in [4.69, 9.17) is 18.9 Å². The number of rotatable bonds is 29. The number of likely N-dealkylation sites (N-methyl/N-ethyl adjacent to an activating group) is 1. The summed E-state index contributed by atoms with van der Waals surface area (Å²) in [6, 6.07) is 2.13. The third-order valence-corrected chi connectivity index (χ3v) is 6.62. The lowest BCUT2D eigenvalue weighted by Gasteiger charge is -2.18. The van der Waals surface area contributed by atoms with Gasteiger partial charge in [0, 0.05) is 25.5 Å². The van der Waals surface area contributed by atoms with E-state index < -0.39 is 0 Å². The van der Waals surface area contributed by atoms with Crippen LogP contribution < -0.4 is 4.74 Å². The Kier molecular flexibility index (Phi) is 25.0. The van der Waals surface area contributed by atoms with E-state index in [0.29, 0.717) is 39.0 Å². The van der Waals surface area contributed by atoms with Gasteiger partial charge in [0.1, 0.15) is 6.10 Å². The van der Waals surface area contributed by atoms with Crippen molar-refractivity contribution in [3.8, 4) is 6.01 Å². The molecule has 0 bridgehead atoms. The highest BCUT2D eigenvalue weighted by molar-refractivity contribution is 4.94. The van der Waals surface area contributed by atoms with E-state index >= 15 is 0 Å². The van der Waals surface area contributed by atoms with Gasteiger partial charge in [-0.1, -0.05) is 103 Å². The monoisotopic (exact) mass is 537 g/mol. The first-order valence-electron chi connectivity index (χ1n) is 15.5. The summed E-state index contributed by atoms with van der Waals surface area (Å²) >= 11 is 0. The highest BCUT2D eigenvalue weighted by atomic mass is 16.6. The molecular weight excluding hydrogens is 478 g/mol. The van der Waals surface area contributed by atoms with E-state index in [0.717, 1.165) is 19.6 Å². The van der Waals surface area contributed by atoms with E-state index in [1.165, 1.54) is 96.3 Å². The molecule has 7 heteroatoms. The number of ether oxygens (including phenoxy) is 4. The predicted octanol–water partition coefficient (Wildman–Crippen LogP) is 7.10. The lowest BCUT2D eigenvalue weighted by molar-refractivity contribution is -0.0258. The van der Waals surface area contributed by atoms with Crippen LogP contribution in [0.4, 0.5) is 0 Å². The largest absolute Gasteiger partial charge is 0.455 e. The smallest absolute Gasteiger partial charge is 0.316 e. The molecule has 0 aromatic carbocycles. The number of hydrogen-bond donors (Lipinski definition) is 0. The fraction of sp³-hybridized carbons (Fsp3) is 0.871. The molecule has 1 aromatic rings. The molecule has 7 nitrogen and oxygen atoms in total. The third kappa shape index (κ3) is 23.8. The highest BCUT2D eigenvalue weighted by Gasteiger charge is 2.13. The summed E-state index contributed by atoms with van der Waals surface area (Å²) in [5.74, 6) is 0. The molecule has 1 unspecified atom stereocenters. The Bertz CT molecular complexity index is 592. The lowest BCUT2D eigenvalue weighted by atomic mass is 10.0. The lowest BCUT2D eigenvalue weighted by Crippen LogP contribution is -2.30. The maximum atomic E-state index is 5.91. The summed E-state index contributed by atoms with van der Waals surface area (Å²) < 4.78 is 23.1. The third-order valence-electron chi connectivity index (χ3n) is 6.62. The maximum absolute atomic E-state index is 5.91. The normalized spacial score (nSPS) is 12.3. The van der Waals surface area contributed by atoms with Crippen molar-refractivity contribution in [3.63, 3.8) is 0 Å². The summed E-state index contributed by atoms with van der Waals surface area (Å²) in [4.78, 5) is 10.4. The molecular formula is C31H59N3O4. The van der Waals surface area contributed by atoms with E-state index in [2.05, 4.69) is 21.8 Å². The first kappa shape index (κ1) is 34.7. The second kappa shape index (κ2) is 27.3. The van der Waals surface area contributed by atoms with Crippen molar-refractivity contribution >= 4 is 0 Å². The van der Waals surface area contributed by atoms with Gasteiger partial charge >= 0.3 is 6.01 Å². The van der Waals surface area contributed by atoms with Crippen molar-refractivity contribution < 1.29 is 18.9 Å². The Labute approximate surface area is 234 Å². The number of aromatic nitrogens is 2. The van der Waals surface area contributed by atoms with Gasteiger partial charge in [-0.05, 0) is 26.6 Å². The fourth-order valence-corrected chi connectivity index (χ4v) is 4.26. The fourth-order valence-electron chi connectivity index (χ4n) is 4.26. The standard InChI is InChI=1S/C31H59N3O4/c1-4-5-6-7-8-9-10-11-12-13-14-15-16-17-18-19-24-36-28-30(38-31-32-21-20-22-33-31)29-37-27-26-35-25-23-34(2)3/h20-22,30H,4-19,23-29H2,1-3H3. The van der Waals surface area contributed by atoms with E-state index in [-0.39, 0.29) is 6.10 Å². The molecule has 38 heavy (non-hydrogen) atoms. The van der Waals surface area contributed by atoms with Crippen molar-refractivity contribution in [1.82, 2.24) is 14.9 Å². The minimum absolute atomic E-state index is 0.236. The first-order valence-corrected chi connectivity index (χ1v) is 15.5. The number of unbranched alkanes of at least 4 members (excludes halogenated alkanes) is 15. The van der Waals surface area contributed by atoms with Crippen LogP contribution >= 0.6 is 0 Å². The Hall–Kier alpha value is -1.28. The summed E-state index contributed by atoms with van der Waals surface area (Å²) in [5, 5.41) is 0. The van der Waals surface area contributed by atoms with Crippen LogP contribution in [0.5, 0.6) is 6.01 Å². The molecule has 0 fully saturated rings. The molecule has 222 valence electrons. The number of nitrogens with zero attached hydrogens (tertiary/aromatic N) is 3. The predicted molar refractivity (Wildman–Crippen MR) is 157 cm³/mol. The zero-order valence-electron chi connectivity index (χ0n) is 25.0. The van der Waals surface area contributed by atoms with Crippen LogP contribution in [-0.4, -0.2) is 81.3 Å². The van der Waals surface area contributed by atoms with E-state index in [1.807, 2.05) is 14.1 Å². The average Bonchev–Trinajstić information content (AvgIpc) is 2.92. The molecule has 0 spiro atoms. The van der Waals surface area contributed by atoms with Crippen molar-refractivity contribution in [2.75, 3.05) is 60.3 Å². The molecule has 0 aliphatic carbocycles. The van der Waals surface area contributed by atoms with Gasteiger partial charge in [-0.25, -0.2) is 9.97 Å². The molecule has 1 heterocycles. The van der Waals surface area contributed by atoms with Gasteiger partial charge in [0.25, 0.3) is 0 Å². The van der Waals surface area contributed by atoms with Gasteiger partial charge in [-0.3, -0.25) is 0 Å². The van der Waals surface area contributed by atoms with Crippen molar-refractivity contribution in [3.05, 3.63) is 18.5 Å². The zero-order valence-corrected chi connectivity index (χ0v) is 25.0. The van der Waals surface area contributed by atoms with Gasteiger partial charge < -0.3 is 23.8 Å². The molecule has 0 amide bonds. The van der Waals surface area contributed by atoms with Crippen LogP contribution in [0.3, 0.4) is 0 Å². The minimum atomic E-state index is -0.236. The van der Waals surface area contributed by atoms with E-state index in [9.17, 15) is 0 Å². The quantitative estimate of drug-likeness (QED) is 0.101. The Balaban J connectivity index is 1.98. The molecule has 0 aliphatic rings. The van der Waals surface area contributed by atoms with Crippen LogP contribution in [0, 0.1) is 0 Å². The Morgan fingerprint density at radius 3 is 1.61 bits per heavy atom. The molecule has 0 saturated heterocycles. The molecule has 1 aromatic heterocycles. The average molecular weight is 538 g/mol. The van der Waals surface area contributed by atoms with Crippen LogP contribution in [0.2, 0.25) is 0 Å². The number of hydrogen-bond acceptors (Lipinski definition) is 7. The highest BCUT2D eigenvalue weighted by Crippen LogP contribution is 2.14. The van der Waals surface area contributed by atoms with Crippen LogP contribution in [0.1, 0.15) is 110 Å². The summed E-state index contributed by atoms with van der Waals surface area (Å²) in [5.41, 5.74) is 0. The zero-order chi connectivity index (χ0) is 27.4. The van der Waals surface area contributed by atoms with Crippen molar-refractivity contribution in [2.45, 2.75) is 116 Å². The molecule has 0 N–H and O–H groups in total. The van der Waals surface area contributed by atoms with E-state index in [1.54, 1.807) is 18.5 Å². The molecule has 1 atom stereocenters. The van der Waals surface area contributed by atoms with Gasteiger partial charge in [0.2, 0.25) is 0 Å². The second-order valence-corrected chi connectivity index (χ2v) is 10.6. The Morgan fingerprint density at radius 2 is 1.08 bits per heavy atom. The second-order valence-electron chi connectivity index (χ2n) is 10.6.